The summed E-state index contributed by atoms with van der Waals surface area (Å²) in [5, 5.41) is 10.1. The number of rotatable bonds is 12. The first-order chi connectivity index (χ1) is 57.0. The zero-order valence-electron chi connectivity index (χ0n) is 62.6. The third-order valence-electron chi connectivity index (χ3n) is 21.6. The number of nitrogens with zero attached hydrogens (tertiary/aromatic N) is 8. The van der Waals surface area contributed by atoms with E-state index in [1.807, 2.05) is 84.9 Å². The van der Waals surface area contributed by atoms with E-state index >= 15 is 0 Å². The number of aromatic nitrogens is 8. The molecule has 0 unspecified atom stereocenters. The van der Waals surface area contributed by atoms with Crippen molar-refractivity contribution >= 4 is 76.2 Å². The third kappa shape index (κ3) is 13.4. The van der Waals surface area contributed by atoms with Crippen LogP contribution in [-0.4, -0.2) is 38.6 Å². The lowest BCUT2D eigenvalue weighted by Gasteiger charge is -2.13. The van der Waals surface area contributed by atoms with Crippen molar-refractivity contribution < 1.29 is 0 Å². The quantitative estimate of drug-likeness (QED) is 0.122. The first-order valence-electron chi connectivity index (χ1n) is 38.9. The molecule has 6 heterocycles. The minimum atomic E-state index is 0.713. The van der Waals surface area contributed by atoms with Gasteiger partial charge in [-0.25, -0.2) is 24.9 Å². The highest BCUT2D eigenvalue weighted by Crippen LogP contribution is 2.41. The molecule has 0 bridgehead atoms. The van der Waals surface area contributed by atoms with Gasteiger partial charge in [-0.2, -0.15) is 0 Å². The van der Waals surface area contributed by atoms with Crippen LogP contribution in [0.5, 0.6) is 0 Å². The highest BCUT2D eigenvalue weighted by Gasteiger charge is 2.20. The molecule has 8 nitrogen and oxygen atoms in total. The summed E-state index contributed by atoms with van der Waals surface area (Å²) < 4.78 is 7.06. The van der Waals surface area contributed by atoms with E-state index in [0.29, 0.717) is 11.6 Å². The lowest BCUT2D eigenvalue weighted by Crippen LogP contribution is -1.98. The second-order valence-corrected chi connectivity index (χ2v) is 28.7. The number of para-hydroxylation sites is 5. The number of hydrogen-bond donors (Lipinski definition) is 0. The van der Waals surface area contributed by atoms with Gasteiger partial charge < -0.3 is 13.7 Å². The Labute approximate surface area is 665 Å². The van der Waals surface area contributed by atoms with Crippen molar-refractivity contribution in [3.8, 4) is 119 Å². The topological polar surface area (TPSA) is 79.2 Å². The van der Waals surface area contributed by atoms with Crippen LogP contribution in [0.25, 0.3) is 195 Å². The molecular formula is C107H72N8. The van der Waals surface area contributed by atoms with Gasteiger partial charge in [0.25, 0.3) is 0 Å². The lowest BCUT2D eigenvalue weighted by atomic mass is 10.0. The standard InChI is InChI=1S/C40H27N3.C38H25N3.C29H20N2/c1-3-11-30(12-4-1)36-27-37(31-13-5-2-6-14-31)42-40(41-36)32-21-19-28(20-22-32)29-23-25-33(26-24-29)43-38-17-9-7-15-34(38)35-16-8-10-18-39(35)43;1-3-12-27(13-4-1)33-25-34(28-14-5-2-6-15-28)40-38(39-33)29-19-22-30(23-20-29)41-35-18-10-9-17-32(35)37-31-16-8-7-11-26(31)21-24-36(37)41;1-3-11-21(12-4-1)26-19-23(20-27(30-26)22-13-5-2-6-14-22)31-28-17-9-7-15-24(28)25-16-8-10-18-29(25)31/h1-27H;1-25H;1-20H. The number of fused-ring (bicyclic) bond motifs is 11. The molecule has 0 amide bonds. The summed E-state index contributed by atoms with van der Waals surface area (Å²) in [7, 11) is 0. The van der Waals surface area contributed by atoms with Crippen LogP contribution in [0.1, 0.15) is 0 Å². The molecule has 0 radical (unpaired) electrons. The summed E-state index contributed by atoms with van der Waals surface area (Å²) in [6.07, 6.45) is 0. The van der Waals surface area contributed by atoms with Gasteiger partial charge in [0.2, 0.25) is 0 Å². The fourth-order valence-electron chi connectivity index (χ4n) is 16.1. The van der Waals surface area contributed by atoms with Crippen LogP contribution >= 0.6 is 0 Å². The molecule has 0 N–H and O–H groups in total. The molecular weight excluding hydrogens is 1400 g/mol. The first kappa shape index (κ1) is 68.7. The maximum absolute atomic E-state index is 5.03. The SMILES string of the molecule is c1ccc(-c2cc(-c3ccccc3)nc(-c3ccc(-c4ccc(-n5c6ccccc6c6ccccc65)cc4)cc3)n2)cc1.c1ccc(-c2cc(-c3ccccc3)nc(-c3ccc(-n4c5ccccc5c5c6ccccc6ccc54)cc3)n2)cc1.c1ccc(-c2cc(-n3c4ccccc4c4ccccc43)cc(-c3ccccc3)n2)cc1. The summed E-state index contributed by atoms with van der Waals surface area (Å²) in [5.74, 6) is 1.43. The molecule has 0 saturated heterocycles. The van der Waals surface area contributed by atoms with E-state index in [1.54, 1.807) is 0 Å². The van der Waals surface area contributed by atoms with Gasteiger partial charge in [0.1, 0.15) is 0 Å². The molecule has 0 aliphatic heterocycles. The van der Waals surface area contributed by atoms with E-state index in [9.17, 15) is 0 Å². The maximum atomic E-state index is 5.03. The Balaban J connectivity index is 0.000000113. The predicted octanol–water partition coefficient (Wildman–Crippen LogP) is 27.5. The summed E-state index contributed by atoms with van der Waals surface area (Å²) in [4.78, 5) is 25.0. The maximum Gasteiger partial charge on any atom is 0.160 e. The molecule has 115 heavy (non-hydrogen) atoms. The summed E-state index contributed by atoms with van der Waals surface area (Å²) in [5.41, 5.74) is 27.0. The van der Waals surface area contributed by atoms with Gasteiger partial charge in [0.05, 0.1) is 73.0 Å². The normalized spacial score (nSPS) is 11.3. The second-order valence-electron chi connectivity index (χ2n) is 28.7. The second kappa shape index (κ2) is 30.4. The molecule has 0 fully saturated rings. The lowest BCUT2D eigenvalue weighted by molar-refractivity contribution is 1.16. The van der Waals surface area contributed by atoms with Crippen molar-refractivity contribution in [3.63, 3.8) is 0 Å². The monoisotopic (exact) mass is 1470 g/mol. The average molecular weight is 1470 g/mol. The van der Waals surface area contributed by atoms with E-state index in [4.69, 9.17) is 24.9 Å². The van der Waals surface area contributed by atoms with E-state index in [-0.39, 0.29) is 0 Å². The Hall–Kier alpha value is -15.5. The molecule has 0 aliphatic carbocycles. The van der Waals surface area contributed by atoms with E-state index in [2.05, 4.69) is 366 Å². The van der Waals surface area contributed by atoms with Crippen LogP contribution in [0, 0.1) is 0 Å². The van der Waals surface area contributed by atoms with Crippen LogP contribution in [0.2, 0.25) is 0 Å². The van der Waals surface area contributed by atoms with Crippen molar-refractivity contribution in [2.45, 2.75) is 0 Å². The van der Waals surface area contributed by atoms with E-state index in [1.165, 1.54) is 81.8 Å². The molecule has 22 rings (SSSR count). The fourth-order valence-corrected chi connectivity index (χ4v) is 16.1. The molecule has 8 heteroatoms. The van der Waals surface area contributed by atoms with Crippen molar-refractivity contribution in [2.75, 3.05) is 0 Å². The van der Waals surface area contributed by atoms with Crippen LogP contribution in [-0.2, 0) is 0 Å². The summed E-state index contributed by atoms with van der Waals surface area (Å²) in [6.45, 7) is 0. The Bertz CT molecular complexity index is 6990. The van der Waals surface area contributed by atoms with Gasteiger partial charge in [-0.1, -0.05) is 340 Å². The highest BCUT2D eigenvalue weighted by molar-refractivity contribution is 6.21. The van der Waals surface area contributed by atoms with Crippen molar-refractivity contribution in [1.29, 1.82) is 0 Å². The van der Waals surface area contributed by atoms with Gasteiger partial charge in [-0.05, 0) is 119 Å². The van der Waals surface area contributed by atoms with Gasteiger partial charge in [0, 0.05) is 88.2 Å². The van der Waals surface area contributed by atoms with Crippen LogP contribution in [0.3, 0.4) is 0 Å². The van der Waals surface area contributed by atoms with Crippen molar-refractivity contribution in [3.05, 3.63) is 437 Å². The largest absolute Gasteiger partial charge is 0.309 e. The van der Waals surface area contributed by atoms with E-state index < -0.39 is 0 Å². The Morgan fingerprint density at radius 3 is 0.757 bits per heavy atom. The van der Waals surface area contributed by atoms with Gasteiger partial charge in [-0.15, -0.1) is 0 Å². The minimum Gasteiger partial charge on any atom is -0.309 e. The number of hydrogen-bond acceptors (Lipinski definition) is 5. The molecule has 6 aromatic heterocycles. The molecule has 0 spiro atoms. The molecule has 0 atom stereocenters. The van der Waals surface area contributed by atoms with Crippen molar-refractivity contribution in [1.82, 2.24) is 38.6 Å². The van der Waals surface area contributed by atoms with Gasteiger partial charge in [0.15, 0.2) is 11.6 Å². The third-order valence-corrected chi connectivity index (χ3v) is 21.6. The minimum absolute atomic E-state index is 0.713. The van der Waals surface area contributed by atoms with Gasteiger partial charge >= 0.3 is 0 Å². The molecule has 540 valence electrons. The fraction of sp³-hybridized carbons (Fsp3) is 0. The van der Waals surface area contributed by atoms with Crippen molar-refractivity contribution in [2.24, 2.45) is 0 Å². The zero-order valence-corrected chi connectivity index (χ0v) is 62.6. The van der Waals surface area contributed by atoms with E-state index in [0.717, 1.165) is 101 Å². The Morgan fingerprint density at radius 1 is 0.148 bits per heavy atom. The first-order valence-corrected chi connectivity index (χ1v) is 38.9. The highest BCUT2D eigenvalue weighted by atomic mass is 15.0. The average Bonchev–Trinajstić information content (AvgIpc) is 1.61. The van der Waals surface area contributed by atoms with Gasteiger partial charge in [-0.3, -0.25) is 0 Å². The van der Waals surface area contributed by atoms with Crippen LogP contribution in [0.15, 0.2) is 437 Å². The van der Waals surface area contributed by atoms with Crippen LogP contribution in [0.4, 0.5) is 0 Å². The molecule has 0 aliphatic rings. The van der Waals surface area contributed by atoms with Crippen LogP contribution < -0.4 is 0 Å². The Kier molecular flexibility index (Phi) is 18.2. The predicted molar refractivity (Wildman–Crippen MR) is 478 cm³/mol. The zero-order chi connectivity index (χ0) is 76.4. The smallest absolute Gasteiger partial charge is 0.160 e. The molecule has 22 aromatic rings. The number of pyridine rings is 1. The molecule has 16 aromatic carbocycles. The summed E-state index contributed by atoms with van der Waals surface area (Å²) >= 11 is 0. The summed E-state index contributed by atoms with van der Waals surface area (Å²) in [6, 6.07) is 153. The molecule has 0 saturated carbocycles. The number of benzene rings is 16. The Morgan fingerprint density at radius 2 is 0.400 bits per heavy atom.